The number of rotatable bonds is 25. The second kappa shape index (κ2) is 22.8. The molecule has 0 heterocycles. The van der Waals surface area contributed by atoms with E-state index in [0.29, 0.717) is 13.2 Å². The lowest BCUT2D eigenvalue weighted by molar-refractivity contribution is 0.208. The van der Waals surface area contributed by atoms with Crippen molar-refractivity contribution in [2.45, 2.75) is 135 Å². The fourth-order valence-electron chi connectivity index (χ4n) is 4.17. The van der Waals surface area contributed by atoms with Gasteiger partial charge in [0.25, 0.3) is 0 Å². The molecule has 0 bridgehead atoms. The molecule has 0 aliphatic carbocycles. The van der Waals surface area contributed by atoms with Crippen LogP contribution in [0.5, 0.6) is 0 Å². The Bertz CT molecular complexity index is 414. The fourth-order valence-corrected chi connectivity index (χ4v) is 6.39. The van der Waals surface area contributed by atoms with Crippen LogP contribution in [0.2, 0.25) is 0 Å². The standard InChI is InChI=1S/C27H53O3P/c1-5-9-11-13-15-17-19-21-23-25-27(31(28,29-7-3)30-8-4)26-24-22-20-18-16-14-12-10-6-2/h5-6,27H,1-2,7-26H2,3-4H3. The van der Waals surface area contributed by atoms with Crippen LogP contribution in [0.15, 0.2) is 25.3 Å². The van der Waals surface area contributed by atoms with Crippen molar-refractivity contribution in [2.24, 2.45) is 0 Å². The highest BCUT2D eigenvalue weighted by Gasteiger charge is 2.34. The van der Waals surface area contributed by atoms with E-state index < -0.39 is 7.60 Å². The van der Waals surface area contributed by atoms with Crippen LogP contribution in [-0.2, 0) is 13.6 Å². The Morgan fingerprint density at radius 3 is 1.26 bits per heavy atom. The SMILES string of the molecule is C=CCCCCCCCCCC(CCCCCCCCCC=C)P(=O)(OCC)OCC. The monoisotopic (exact) mass is 456 g/mol. The average molecular weight is 457 g/mol. The van der Waals surface area contributed by atoms with Crippen molar-refractivity contribution in [3.63, 3.8) is 0 Å². The van der Waals surface area contributed by atoms with Gasteiger partial charge in [-0.05, 0) is 52.4 Å². The summed E-state index contributed by atoms with van der Waals surface area (Å²) in [6.07, 6.45) is 25.9. The highest BCUT2D eigenvalue weighted by Crippen LogP contribution is 2.56. The van der Waals surface area contributed by atoms with E-state index >= 15 is 0 Å². The van der Waals surface area contributed by atoms with Gasteiger partial charge in [-0.2, -0.15) is 0 Å². The van der Waals surface area contributed by atoms with Gasteiger partial charge in [-0.3, -0.25) is 4.57 Å². The Labute approximate surface area is 195 Å². The van der Waals surface area contributed by atoms with Crippen LogP contribution in [0.1, 0.15) is 129 Å². The van der Waals surface area contributed by atoms with Crippen molar-refractivity contribution in [1.29, 1.82) is 0 Å². The summed E-state index contributed by atoms with van der Waals surface area (Å²) in [7, 11) is -3.00. The molecule has 0 aromatic carbocycles. The van der Waals surface area contributed by atoms with Crippen LogP contribution in [0, 0.1) is 0 Å². The zero-order valence-electron chi connectivity index (χ0n) is 21.0. The van der Waals surface area contributed by atoms with Crippen molar-refractivity contribution in [3.05, 3.63) is 25.3 Å². The lowest BCUT2D eigenvalue weighted by Gasteiger charge is -2.26. The van der Waals surface area contributed by atoms with Crippen LogP contribution in [0.3, 0.4) is 0 Å². The van der Waals surface area contributed by atoms with Crippen LogP contribution < -0.4 is 0 Å². The minimum atomic E-state index is -3.00. The van der Waals surface area contributed by atoms with E-state index in [4.69, 9.17) is 9.05 Å². The number of allylic oxidation sites excluding steroid dienone is 2. The highest BCUT2D eigenvalue weighted by molar-refractivity contribution is 7.54. The molecular formula is C27H53O3P. The molecule has 3 nitrogen and oxygen atoms in total. The summed E-state index contributed by atoms with van der Waals surface area (Å²) in [5.41, 5.74) is 0.0626. The van der Waals surface area contributed by atoms with Gasteiger partial charge in [-0.1, -0.05) is 89.2 Å². The maximum absolute atomic E-state index is 13.4. The van der Waals surface area contributed by atoms with E-state index in [1.807, 2.05) is 26.0 Å². The van der Waals surface area contributed by atoms with Crippen molar-refractivity contribution >= 4 is 7.60 Å². The van der Waals surface area contributed by atoms with Gasteiger partial charge in [0.2, 0.25) is 0 Å². The van der Waals surface area contributed by atoms with E-state index in [0.717, 1.165) is 38.5 Å². The van der Waals surface area contributed by atoms with Crippen molar-refractivity contribution in [2.75, 3.05) is 13.2 Å². The number of hydrogen-bond acceptors (Lipinski definition) is 3. The molecule has 0 amide bonds. The normalized spacial score (nSPS) is 11.8. The Kier molecular flexibility index (Phi) is 22.5. The molecule has 0 atom stereocenters. The summed E-state index contributed by atoms with van der Waals surface area (Å²) >= 11 is 0. The lowest BCUT2D eigenvalue weighted by Crippen LogP contribution is -2.14. The van der Waals surface area contributed by atoms with Gasteiger partial charge in [0.15, 0.2) is 0 Å². The minimum absolute atomic E-state index is 0.0626. The summed E-state index contributed by atoms with van der Waals surface area (Å²) in [5, 5.41) is 0. The topological polar surface area (TPSA) is 35.5 Å². The van der Waals surface area contributed by atoms with E-state index in [1.165, 1.54) is 77.0 Å². The average Bonchev–Trinajstić information content (AvgIpc) is 2.75. The molecule has 0 saturated heterocycles. The Hall–Kier alpha value is -0.370. The second-order valence-electron chi connectivity index (χ2n) is 8.71. The van der Waals surface area contributed by atoms with Gasteiger partial charge in [0.05, 0.1) is 18.9 Å². The predicted octanol–water partition coefficient (Wildman–Crippen LogP) is 10.0. The first-order chi connectivity index (χ1) is 15.1. The summed E-state index contributed by atoms with van der Waals surface area (Å²) in [6.45, 7) is 12.3. The molecule has 0 spiro atoms. The maximum Gasteiger partial charge on any atom is 0.333 e. The molecule has 0 N–H and O–H groups in total. The Morgan fingerprint density at radius 1 is 0.613 bits per heavy atom. The molecule has 0 fully saturated rings. The largest absolute Gasteiger partial charge is 0.333 e. The maximum atomic E-state index is 13.4. The molecule has 0 aliphatic rings. The minimum Gasteiger partial charge on any atom is -0.309 e. The quantitative estimate of drug-likeness (QED) is 0.0778. The second-order valence-corrected chi connectivity index (χ2v) is 11.0. The van der Waals surface area contributed by atoms with Crippen LogP contribution in [-0.4, -0.2) is 18.9 Å². The summed E-state index contributed by atoms with van der Waals surface area (Å²) < 4.78 is 24.8. The predicted molar refractivity (Wildman–Crippen MR) is 138 cm³/mol. The van der Waals surface area contributed by atoms with Gasteiger partial charge < -0.3 is 9.05 Å². The fraction of sp³-hybridized carbons (Fsp3) is 0.852. The van der Waals surface area contributed by atoms with E-state index in [9.17, 15) is 4.57 Å². The van der Waals surface area contributed by atoms with Crippen molar-refractivity contribution in [1.82, 2.24) is 0 Å². The third-order valence-electron chi connectivity index (χ3n) is 5.96. The molecule has 0 unspecified atom stereocenters. The Morgan fingerprint density at radius 2 is 0.935 bits per heavy atom. The number of unbranched alkanes of at least 4 members (excludes halogenated alkanes) is 14. The van der Waals surface area contributed by atoms with E-state index in [2.05, 4.69) is 13.2 Å². The summed E-state index contributed by atoms with van der Waals surface area (Å²) in [5.74, 6) is 0. The van der Waals surface area contributed by atoms with Gasteiger partial charge in [-0.25, -0.2) is 0 Å². The van der Waals surface area contributed by atoms with Crippen LogP contribution >= 0.6 is 7.60 Å². The van der Waals surface area contributed by atoms with Crippen molar-refractivity contribution in [3.8, 4) is 0 Å². The van der Waals surface area contributed by atoms with Gasteiger partial charge in [0, 0.05) is 0 Å². The third kappa shape index (κ3) is 17.8. The van der Waals surface area contributed by atoms with Crippen LogP contribution in [0.4, 0.5) is 0 Å². The molecule has 31 heavy (non-hydrogen) atoms. The van der Waals surface area contributed by atoms with E-state index in [-0.39, 0.29) is 5.66 Å². The summed E-state index contributed by atoms with van der Waals surface area (Å²) in [6, 6.07) is 0. The third-order valence-corrected chi connectivity index (χ3v) is 8.60. The lowest BCUT2D eigenvalue weighted by atomic mass is 10.0. The van der Waals surface area contributed by atoms with Crippen LogP contribution in [0.25, 0.3) is 0 Å². The smallest absolute Gasteiger partial charge is 0.309 e. The molecule has 184 valence electrons. The molecular weight excluding hydrogens is 403 g/mol. The molecule has 0 saturated carbocycles. The summed E-state index contributed by atoms with van der Waals surface area (Å²) in [4.78, 5) is 0. The molecule has 0 aromatic heterocycles. The number of hydrogen-bond donors (Lipinski definition) is 0. The van der Waals surface area contributed by atoms with Gasteiger partial charge in [-0.15, -0.1) is 13.2 Å². The molecule has 0 rings (SSSR count). The van der Waals surface area contributed by atoms with E-state index in [1.54, 1.807) is 0 Å². The van der Waals surface area contributed by atoms with Gasteiger partial charge >= 0.3 is 7.60 Å². The van der Waals surface area contributed by atoms with Crippen molar-refractivity contribution < 1.29 is 13.6 Å². The first kappa shape index (κ1) is 30.6. The first-order valence-corrected chi connectivity index (χ1v) is 14.9. The van der Waals surface area contributed by atoms with Gasteiger partial charge in [0.1, 0.15) is 0 Å². The molecule has 0 aliphatic heterocycles. The Balaban J connectivity index is 4.24. The zero-order chi connectivity index (χ0) is 23.0. The first-order valence-electron chi connectivity index (χ1n) is 13.2. The molecule has 0 radical (unpaired) electrons. The molecule has 0 aromatic rings. The zero-order valence-corrected chi connectivity index (χ0v) is 21.9. The molecule has 4 heteroatoms. The highest BCUT2D eigenvalue weighted by atomic mass is 31.2.